The van der Waals surface area contributed by atoms with Crippen LogP contribution in [-0.2, 0) is 4.79 Å². The first kappa shape index (κ1) is 22.9. The molecule has 0 spiro atoms. The summed E-state index contributed by atoms with van der Waals surface area (Å²) in [6.45, 7) is 7.88. The van der Waals surface area contributed by atoms with E-state index in [0.29, 0.717) is 18.3 Å². The molecule has 1 fully saturated rings. The molecule has 4 rings (SSSR count). The smallest absolute Gasteiger partial charge is 0.239 e. The monoisotopic (exact) mass is 448 g/mol. The molecule has 0 unspecified atom stereocenters. The number of hydrogen-bond donors (Lipinski definition) is 2. The van der Waals surface area contributed by atoms with Crippen molar-refractivity contribution in [2.24, 2.45) is 11.7 Å². The number of anilines is 1. The summed E-state index contributed by atoms with van der Waals surface area (Å²) in [7, 11) is 1.61. The fourth-order valence-corrected chi connectivity index (χ4v) is 4.31. The number of pyridine rings is 1. The van der Waals surface area contributed by atoms with Gasteiger partial charge in [-0.1, -0.05) is 0 Å². The number of rotatable bonds is 6. The molecule has 1 atom stereocenters. The lowest BCUT2D eigenvalue weighted by molar-refractivity contribution is -0.125. The van der Waals surface area contributed by atoms with E-state index in [9.17, 15) is 4.79 Å². The maximum atomic E-state index is 12.2. The van der Waals surface area contributed by atoms with Crippen LogP contribution in [0.1, 0.15) is 32.3 Å². The van der Waals surface area contributed by atoms with Gasteiger partial charge in [0.15, 0.2) is 0 Å². The van der Waals surface area contributed by atoms with E-state index < -0.39 is 5.54 Å². The van der Waals surface area contributed by atoms with E-state index in [1.807, 2.05) is 18.3 Å². The highest BCUT2D eigenvalue weighted by atomic mass is 16.5. The summed E-state index contributed by atoms with van der Waals surface area (Å²) in [6, 6.07) is 8.15. The summed E-state index contributed by atoms with van der Waals surface area (Å²) in [6.07, 6.45) is 5.56. The molecular formula is C25H32N6O2. The number of hydrogen-bond acceptors (Lipinski definition) is 7. The first-order valence-corrected chi connectivity index (χ1v) is 11.3. The van der Waals surface area contributed by atoms with Crippen LogP contribution in [0.3, 0.4) is 0 Å². The molecule has 0 radical (unpaired) electrons. The number of benzene rings is 1. The summed E-state index contributed by atoms with van der Waals surface area (Å²) in [5, 5.41) is 4.03. The Morgan fingerprint density at radius 2 is 2.06 bits per heavy atom. The van der Waals surface area contributed by atoms with Gasteiger partial charge in [-0.2, -0.15) is 0 Å². The zero-order chi connectivity index (χ0) is 23.6. The number of piperidine rings is 1. The summed E-state index contributed by atoms with van der Waals surface area (Å²) in [4.78, 5) is 28.1. The SMILES string of the molecule is COc1ccc(-c2cc(C)c3ncnc(N4CCC[C@@H](CNC(=O)C(C)(C)N)C4)c3c2)cn1. The molecule has 8 heteroatoms. The Labute approximate surface area is 194 Å². The minimum absolute atomic E-state index is 0.125. The van der Waals surface area contributed by atoms with E-state index >= 15 is 0 Å². The summed E-state index contributed by atoms with van der Waals surface area (Å²) in [5.74, 6) is 1.73. The lowest BCUT2D eigenvalue weighted by atomic mass is 9.96. The number of amides is 1. The number of carbonyl (C=O) groups excluding carboxylic acids is 1. The Balaban J connectivity index is 1.61. The van der Waals surface area contributed by atoms with Gasteiger partial charge < -0.3 is 20.7 Å². The number of aromatic nitrogens is 3. The Hall–Kier alpha value is -3.26. The van der Waals surface area contributed by atoms with E-state index in [2.05, 4.69) is 44.2 Å². The third-order valence-electron chi connectivity index (χ3n) is 6.14. The predicted molar refractivity (Wildman–Crippen MR) is 130 cm³/mol. The van der Waals surface area contributed by atoms with Crippen LogP contribution in [0.4, 0.5) is 5.82 Å². The van der Waals surface area contributed by atoms with E-state index in [4.69, 9.17) is 10.5 Å². The highest BCUT2D eigenvalue weighted by Crippen LogP contribution is 2.33. The standard InChI is InChI=1S/C25H32N6O2/c1-16-10-19(18-7-8-21(33-4)27-13-18)11-20-22(16)29-15-30-23(20)31-9-5-6-17(14-31)12-28-24(32)25(2,3)26/h7-8,10-11,13,15,17H,5-6,9,12,14,26H2,1-4H3,(H,28,32)/t17-/m0/s1. The number of nitrogens with zero attached hydrogens (tertiary/aromatic N) is 4. The molecule has 8 nitrogen and oxygen atoms in total. The second kappa shape index (κ2) is 9.31. The molecule has 3 heterocycles. The first-order valence-electron chi connectivity index (χ1n) is 11.3. The first-order chi connectivity index (χ1) is 15.8. The van der Waals surface area contributed by atoms with E-state index in [1.54, 1.807) is 27.3 Å². The van der Waals surface area contributed by atoms with Gasteiger partial charge in [0.2, 0.25) is 11.8 Å². The zero-order valence-electron chi connectivity index (χ0n) is 19.8. The minimum Gasteiger partial charge on any atom is -0.481 e. The van der Waals surface area contributed by atoms with E-state index in [1.165, 1.54) is 0 Å². The summed E-state index contributed by atoms with van der Waals surface area (Å²) < 4.78 is 5.19. The molecule has 3 N–H and O–H groups in total. The molecule has 1 aliphatic rings. The van der Waals surface area contributed by atoms with Crippen LogP contribution in [0.15, 0.2) is 36.8 Å². The van der Waals surface area contributed by atoms with Crippen molar-refractivity contribution in [3.05, 3.63) is 42.4 Å². The van der Waals surface area contributed by atoms with Crippen molar-refractivity contribution >= 4 is 22.6 Å². The van der Waals surface area contributed by atoms with Crippen LogP contribution in [0.2, 0.25) is 0 Å². The molecule has 1 aromatic carbocycles. The van der Waals surface area contributed by atoms with E-state index in [-0.39, 0.29) is 5.91 Å². The van der Waals surface area contributed by atoms with Crippen LogP contribution < -0.4 is 20.7 Å². The van der Waals surface area contributed by atoms with Gasteiger partial charge >= 0.3 is 0 Å². The zero-order valence-corrected chi connectivity index (χ0v) is 19.8. The Morgan fingerprint density at radius 1 is 1.24 bits per heavy atom. The number of fused-ring (bicyclic) bond motifs is 1. The maximum absolute atomic E-state index is 12.2. The van der Waals surface area contributed by atoms with Crippen molar-refractivity contribution < 1.29 is 9.53 Å². The average molecular weight is 449 g/mol. The van der Waals surface area contributed by atoms with Crippen LogP contribution in [0, 0.1) is 12.8 Å². The summed E-state index contributed by atoms with van der Waals surface area (Å²) in [5.41, 5.74) is 9.16. The molecule has 33 heavy (non-hydrogen) atoms. The molecule has 1 amide bonds. The molecule has 1 saturated heterocycles. The average Bonchev–Trinajstić information content (AvgIpc) is 2.81. The topological polar surface area (TPSA) is 106 Å². The second-order valence-electron chi connectivity index (χ2n) is 9.36. The maximum Gasteiger partial charge on any atom is 0.239 e. The quantitative estimate of drug-likeness (QED) is 0.597. The number of carbonyl (C=O) groups is 1. The molecule has 0 aliphatic carbocycles. The summed E-state index contributed by atoms with van der Waals surface area (Å²) >= 11 is 0. The molecule has 1 aliphatic heterocycles. The molecule has 174 valence electrons. The van der Waals surface area contributed by atoms with Gasteiger partial charge in [-0.25, -0.2) is 15.0 Å². The fraction of sp³-hybridized carbons (Fsp3) is 0.440. The number of nitrogens with one attached hydrogen (secondary N) is 1. The van der Waals surface area contributed by atoms with Gasteiger partial charge in [0.25, 0.3) is 0 Å². The minimum atomic E-state index is -0.874. The third kappa shape index (κ3) is 5.06. The lowest BCUT2D eigenvalue weighted by Crippen LogP contribution is -2.51. The lowest BCUT2D eigenvalue weighted by Gasteiger charge is -2.34. The fourth-order valence-electron chi connectivity index (χ4n) is 4.31. The molecule has 2 aromatic heterocycles. The van der Waals surface area contributed by atoms with Crippen molar-refractivity contribution in [1.29, 1.82) is 0 Å². The number of nitrogens with two attached hydrogens (primary N) is 1. The van der Waals surface area contributed by atoms with Gasteiger partial charge in [-0.3, -0.25) is 4.79 Å². The Morgan fingerprint density at radius 3 is 2.76 bits per heavy atom. The molecule has 3 aromatic rings. The second-order valence-corrected chi connectivity index (χ2v) is 9.36. The molecule has 0 bridgehead atoms. The Kier molecular flexibility index (Phi) is 6.47. The number of ether oxygens (including phenoxy) is 1. The van der Waals surface area contributed by atoms with Crippen molar-refractivity contribution in [3.8, 4) is 17.0 Å². The van der Waals surface area contributed by atoms with Crippen molar-refractivity contribution in [3.63, 3.8) is 0 Å². The van der Waals surface area contributed by atoms with Crippen LogP contribution >= 0.6 is 0 Å². The van der Waals surface area contributed by atoms with Crippen LogP contribution in [0.5, 0.6) is 5.88 Å². The highest BCUT2D eigenvalue weighted by molar-refractivity contribution is 5.95. The highest BCUT2D eigenvalue weighted by Gasteiger charge is 2.26. The van der Waals surface area contributed by atoms with Crippen LogP contribution in [0.25, 0.3) is 22.0 Å². The van der Waals surface area contributed by atoms with Gasteiger partial charge in [0.1, 0.15) is 12.1 Å². The van der Waals surface area contributed by atoms with Crippen molar-refractivity contribution in [2.45, 2.75) is 39.2 Å². The predicted octanol–water partition coefficient (Wildman–Crippen LogP) is 3.08. The third-order valence-corrected chi connectivity index (χ3v) is 6.14. The largest absolute Gasteiger partial charge is 0.481 e. The molecule has 0 saturated carbocycles. The van der Waals surface area contributed by atoms with Crippen LogP contribution in [-0.4, -0.2) is 53.1 Å². The van der Waals surface area contributed by atoms with Gasteiger partial charge in [-0.05, 0) is 68.9 Å². The van der Waals surface area contributed by atoms with Crippen molar-refractivity contribution in [1.82, 2.24) is 20.3 Å². The van der Waals surface area contributed by atoms with Gasteiger partial charge in [0, 0.05) is 42.8 Å². The van der Waals surface area contributed by atoms with E-state index in [0.717, 1.165) is 59.3 Å². The molecular weight excluding hydrogens is 416 g/mol. The van der Waals surface area contributed by atoms with Gasteiger partial charge in [-0.15, -0.1) is 0 Å². The van der Waals surface area contributed by atoms with Crippen molar-refractivity contribution in [2.75, 3.05) is 31.6 Å². The Bertz CT molecular complexity index is 1140. The number of aryl methyl sites for hydroxylation is 1. The van der Waals surface area contributed by atoms with Gasteiger partial charge in [0.05, 0.1) is 18.2 Å². The normalized spacial score (nSPS) is 16.6. The number of methoxy groups -OCH3 is 1.